The molecule has 8 heteroatoms. The Kier molecular flexibility index (Phi) is 5.96. The molecule has 3 aromatic carbocycles. The van der Waals surface area contributed by atoms with Crippen molar-refractivity contribution in [1.82, 2.24) is 4.90 Å². The van der Waals surface area contributed by atoms with Gasteiger partial charge in [-0.25, -0.2) is 13.2 Å². The van der Waals surface area contributed by atoms with E-state index >= 15 is 0 Å². The second-order valence-electron chi connectivity index (χ2n) is 7.34. The Bertz CT molecular complexity index is 1270. The Morgan fingerprint density at radius 1 is 1.00 bits per heavy atom. The minimum Gasteiger partial charge on any atom is -0.465 e. The van der Waals surface area contributed by atoms with Crippen molar-refractivity contribution in [3.8, 4) is 0 Å². The molecule has 0 saturated carbocycles. The third kappa shape index (κ3) is 4.09. The highest BCUT2D eigenvalue weighted by Gasteiger charge is 2.30. The molecule has 1 aliphatic heterocycles. The lowest BCUT2D eigenvalue weighted by Crippen LogP contribution is -2.36. The van der Waals surface area contributed by atoms with Crippen LogP contribution in [0.1, 0.15) is 26.3 Å². The lowest BCUT2D eigenvalue weighted by Gasteiger charge is -2.26. The van der Waals surface area contributed by atoms with Crippen LogP contribution in [0, 0.1) is 0 Å². The van der Waals surface area contributed by atoms with Gasteiger partial charge in [0.2, 0.25) is 9.84 Å². The molecular formula is C24H22N2O5S. The number of hydrogen-bond donors (Lipinski definition) is 1. The number of hydrogen-bond acceptors (Lipinski definition) is 6. The minimum absolute atomic E-state index is 0.0721. The Morgan fingerprint density at radius 2 is 1.72 bits per heavy atom. The Labute approximate surface area is 186 Å². The maximum absolute atomic E-state index is 13.6. The first-order chi connectivity index (χ1) is 15.4. The van der Waals surface area contributed by atoms with E-state index in [1.807, 2.05) is 30.3 Å². The number of nitrogens with one attached hydrogen (secondary N) is 1. The number of carbonyl (C=O) groups excluding carboxylic acids is 2. The van der Waals surface area contributed by atoms with Crippen LogP contribution < -0.4 is 5.32 Å². The zero-order valence-corrected chi connectivity index (χ0v) is 18.3. The molecule has 0 unspecified atom stereocenters. The first kappa shape index (κ1) is 21.6. The number of rotatable bonds is 3. The van der Waals surface area contributed by atoms with Gasteiger partial charge in [0.15, 0.2) is 0 Å². The van der Waals surface area contributed by atoms with E-state index in [1.165, 1.54) is 31.4 Å². The van der Waals surface area contributed by atoms with Crippen LogP contribution in [-0.2, 0) is 21.1 Å². The number of esters is 1. The zero-order valence-electron chi connectivity index (χ0n) is 17.4. The molecule has 1 heterocycles. The number of sulfone groups is 1. The number of methoxy groups -OCH3 is 1. The second kappa shape index (κ2) is 8.84. The lowest BCUT2D eigenvalue weighted by atomic mass is 10.1. The van der Waals surface area contributed by atoms with Crippen LogP contribution in [0.4, 0.5) is 5.69 Å². The fraction of sp³-hybridized carbons (Fsp3) is 0.167. The number of ether oxygens (including phenoxy) is 1. The molecule has 0 saturated heterocycles. The maximum atomic E-state index is 13.6. The summed E-state index contributed by atoms with van der Waals surface area (Å²) in [6, 6.07) is 20.0. The van der Waals surface area contributed by atoms with Crippen molar-refractivity contribution < 1.29 is 22.7 Å². The molecule has 0 bridgehead atoms. The van der Waals surface area contributed by atoms with Gasteiger partial charge in [0.25, 0.3) is 5.91 Å². The highest BCUT2D eigenvalue weighted by molar-refractivity contribution is 7.91. The van der Waals surface area contributed by atoms with Crippen LogP contribution in [0.25, 0.3) is 0 Å². The predicted molar refractivity (Wildman–Crippen MR) is 119 cm³/mol. The van der Waals surface area contributed by atoms with Crippen molar-refractivity contribution >= 4 is 27.4 Å². The van der Waals surface area contributed by atoms with Gasteiger partial charge in [-0.1, -0.05) is 42.5 Å². The second-order valence-corrected chi connectivity index (χ2v) is 9.23. The van der Waals surface area contributed by atoms with Gasteiger partial charge in [-0.15, -0.1) is 0 Å². The van der Waals surface area contributed by atoms with E-state index in [-0.39, 0.29) is 26.8 Å². The Balaban J connectivity index is 1.84. The van der Waals surface area contributed by atoms with E-state index in [4.69, 9.17) is 4.74 Å². The van der Waals surface area contributed by atoms with Crippen molar-refractivity contribution in [3.05, 3.63) is 89.5 Å². The summed E-state index contributed by atoms with van der Waals surface area (Å²) in [6.45, 7) is 1.05. The van der Waals surface area contributed by atoms with Gasteiger partial charge in [0, 0.05) is 19.6 Å². The molecule has 7 nitrogen and oxygen atoms in total. The number of fused-ring (bicyclic) bond motifs is 2. The molecule has 164 valence electrons. The first-order valence-electron chi connectivity index (χ1n) is 10.1. The molecule has 0 aromatic heterocycles. The maximum Gasteiger partial charge on any atom is 0.337 e. The van der Waals surface area contributed by atoms with E-state index in [0.717, 1.165) is 5.56 Å². The molecule has 1 aliphatic rings. The number of nitrogens with zero attached hydrogens (tertiary/aromatic N) is 1. The topological polar surface area (TPSA) is 92.8 Å². The van der Waals surface area contributed by atoms with Gasteiger partial charge in [-0.05, 0) is 35.9 Å². The van der Waals surface area contributed by atoms with Gasteiger partial charge in [0.1, 0.15) is 0 Å². The summed E-state index contributed by atoms with van der Waals surface area (Å²) in [7, 11) is -2.88. The van der Waals surface area contributed by atoms with Crippen LogP contribution in [0.3, 0.4) is 0 Å². The van der Waals surface area contributed by atoms with E-state index in [0.29, 0.717) is 25.3 Å². The molecule has 0 spiro atoms. The molecule has 3 aromatic rings. The molecule has 1 N–H and O–H groups in total. The lowest BCUT2D eigenvalue weighted by molar-refractivity contribution is 0.0600. The molecule has 4 rings (SSSR count). The standard InChI is InChI=1S/C24H22N2O5S/c1-31-24(28)18-11-12-20-22(15-18)32(29,30)21-10-6-5-9-19(21)23(27)26(14-13-25-20)16-17-7-3-2-4-8-17/h2-12,15,25H,13-14,16H2,1H3. The molecular weight excluding hydrogens is 428 g/mol. The molecule has 0 radical (unpaired) electrons. The average Bonchev–Trinajstić information content (AvgIpc) is 2.82. The molecule has 0 atom stereocenters. The van der Waals surface area contributed by atoms with Crippen LogP contribution in [0.5, 0.6) is 0 Å². The highest BCUT2D eigenvalue weighted by Crippen LogP contribution is 2.32. The quantitative estimate of drug-likeness (QED) is 0.615. The summed E-state index contributed by atoms with van der Waals surface area (Å²) in [4.78, 5) is 26.9. The average molecular weight is 451 g/mol. The largest absolute Gasteiger partial charge is 0.465 e. The molecule has 0 fully saturated rings. The fourth-order valence-electron chi connectivity index (χ4n) is 3.68. The normalized spacial score (nSPS) is 15.2. The van der Waals surface area contributed by atoms with Crippen molar-refractivity contribution in [2.24, 2.45) is 0 Å². The van der Waals surface area contributed by atoms with Gasteiger partial charge < -0.3 is 15.0 Å². The first-order valence-corrected chi connectivity index (χ1v) is 11.5. The summed E-state index contributed by atoms with van der Waals surface area (Å²) in [6.07, 6.45) is 0. The Hall–Kier alpha value is -3.65. The molecule has 32 heavy (non-hydrogen) atoms. The fourth-order valence-corrected chi connectivity index (χ4v) is 5.34. The van der Waals surface area contributed by atoms with Crippen LogP contribution >= 0.6 is 0 Å². The van der Waals surface area contributed by atoms with Crippen molar-refractivity contribution in [2.45, 2.75) is 16.3 Å². The summed E-state index contributed by atoms with van der Waals surface area (Å²) in [5.74, 6) is -1.01. The highest BCUT2D eigenvalue weighted by atomic mass is 32.2. The molecule has 1 amide bonds. The predicted octanol–water partition coefficient (Wildman–Crippen LogP) is 3.37. The number of amides is 1. The van der Waals surface area contributed by atoms with Gasteiger partial charge in [0.05, 0.1) is 33.7 Å². The SMILES string of the molecule is COC(=O)c1ccc2c(c1)S(=O)(=O)c1ccccc1C(=O)N(Cc1ccccc1)CCN2. The van der Waals surface area contributed by atoms with Crippen LogP contribution in [0.2, 0.25) is 0 Å². The number of benzene rings is 3. The third-order valence-electron chi connectivity index (χ3n) is 5.30. The monoisotopic (exact) mass is 450 g/mol. The van der Waals surface area contributed by atoms with E-state index in [2.05, 4.69) is 5.32 Å². The van der Waals surface area contributed by atoms with E-state index in [9.17, 15) is 18.0 Å². The van der Waals surface area contributed by atoms with E-state index < -0.39 is 15.8 Å². The van der Waals surface area contributed by atoms with Crippen LogP contribution in [0.15, 0.2) is 82.6 Å². The van der Waals surface area contributed by atoms with Crippen LogP contribution in [-0.4, -0.2) is 45.4 Å². The van der Waals surface area contributed by atoms with Gasteiger partial charge in [-0.2, -0.15) is 0 Å². The summed E-state index contributed by atoms with van der Waals surface area (Å²) in [5, 5.41) is 3.11. The summed E-state index contributed by atoms with van der Waals surface area (Å²) < 4.78 is 32.0. The zero-order chi connectivity index (χ0) is 22.7. The van der Waals surface area contributed by atoms with Gasteiger partial charge >= 0.3 is 5.97 Å². The Morgan fingerprint density at radius 3 is 2.47 bits per heavy atom. The van der Waals surface area contributed by atoms with Crippen molar-refractivity contribution in [3.63, 3.8) is 0 Å². The minimum atomic E-state index is -4.11. The number of anilines is 1. The van der Waals surface area contributed by atoms with Gasteiger partial charge in [-0.3, -0.25) is 4.79 Å². The summed E-state index contributed by atoms with van der Waals surface area (Å²) >= 11 is 0. The van der Waals surface area contributed by atoms with E-state index in [1.54, 1.807) is 23.1 Å². The number of carbonyl (C=O) groups is 2. The van der Waals surface area contributed by atoms with Crippen molar-refractivity contribution in [1.29, 1.82) is 0 Å². The third-order valence-corrected chi connectivity index (χ3v) is 7.15. The summed E-state index contributed by atoms with van der Waals surface area (Å²) in [5.41, 5.74) is 1.52. The smallest absolute Gasteiger partial charge is 0.337 e. The van der Waals surface area contributed by atoms with Crippen molar-refractivity contribution in [2.75, 3.05) is 25.5 Å². The molecule has 0 aliphatic carbocycles.